The molecule has 106 valence electrons. The quantitative estimate of drug-likeness (QED) is 0.726. The molecule has 0 bridgehead atoms. The molecule has 0 aliphatic carbocycles. The number of rotatable bonds is 2. The second kappa shape index (κ2) is 5.39. The van der Waals surface area contributed by atoms with Gasteiger partial charge < -0.3 is 11.1 Å². The van der Waals surface area contributed by atoms with Crippen LogP contribution in [0.5, 0.6) is 0 Å². The number of para-hydroxylation sites is 1. The van der Waals surface area contributed by atoms with Gasteiger partial charge in [0.2, 0.25) is 5.95 Å². The van der Waals surface area contributed by atoms with E-state index in [-0.39, 0.29) is 5.95 Å². The largest absolute Gasteiger partial charge is 0.368 e. The maximum Gasteiger partial charge on any atom is 0.222 e. The van der Waals surface area contributed by atoms with Crippen molar-refractivity contribution in [3.05, 3.63) is 52.0 Å². The van der Waals surface area contributed by atoms with Crippen molar-refractivity contribution >= 4 is 51.6 Å². The summed E-state index contributed by atoms with van der Waals surface area (Å²) in [6.45, 7) is 1.90. The molecule has 21 heavy (non-hydrogen) atoms. The highest BCUT2D eigenvalue weighted by Crippen LogP contribution is 2.32. The number of nitrogens with one attached hydrogen (secondary N) is 1. The highest BCUT2D eigenvalue weighted by molar-refractivity contribution is 6.36. The molecule has 0 unspecified atom stereocenters. The number of fused-ring (bicyclic) bond motifs is 1. The molecule has 0 aliphatic rings. The summed E-state index contributed by atoms with van der Waals surface area (Å²) >= 11 is 12.4. The molecule has 3 aromatic rings. The van der Waals surface area contributed by atoms with E-state index in [1.807, 2.05) is 31.2 Å². The van der Waals surface area contributed by atoms with Crippen LogP contribution >= 0.6 is 23.2 Å². The Morgan fingerprint density at radius 1 is 1.05 bits per heavy atom. The third kappa shape index (κ3) is 2.73. The summed E-state index contributed by atoms with van der Waals surface area (Å²) < 4.78 is 0. The topological polar surface area (TPSA) is 63.8 Å². The van der Waals surface area contributed by atoms with Gasteiger partial charge in [-0.15, -0.1) is 0 Å². The number of nitrogens with zero attached hydrogens (tertiary/aromatic N) is 2. The van der Waals surface area contributed by atoms with E-state index in [0.717, 1.165) is 16.5 Å². The first-order chi connectivity index (χ1) is 10.0. The van der Waals surface area contributed by atoms with E-state index in [9.17, 15) is 0 Å². The number of aromatic nitrogens is 2. The highest BCUT2D eigenvalue weighted by atomic mass is 35.5. The van der Waals surface area contributed by atoms with Gasteiger partial charge in [-0.25, -0.2) is 4.98 Å². The number of hydrogen-bond acceptors (Lipinski definition) is 4. The zero-order valence-corrected chi connectivity index (χ0v) is 12.7. The van der Waals surface area contributed by atoms with E-state index < -0.39 is 0 Å². The summed E-state index contributed by atoms with van der Waals surface area (Å²) in [6.07, 6.45) is 0. The van der Waals surface area contributed by atoms with E-state index in [1.54, 1.807) is 12.1 Å². The molecular weight excluding hydrogens is 307 g/mol. The van der Waals surface area contributed by atoms with Gasteiger partial charge in [-0.05, 0) is 36.8 Å². The van der Waals surface area contributed by atoms with Crippen molar-refractivity contribution in [2.45, 2.75) is 6.92 Å². The Morgan fingerprint density at radius 2 is 1.81 bits per heavy atom. The van der Waals surface area contributed by atoms with Gasteiger partial charge in [-0.3, -0.25) is 0 Å². The lowest BCUT2D eigenvalue weighted by atomic mass is 10.2. The number of halogens is 2. The van der Waals surface area contributed by atoms with Gasteiger partial charge in [0.1, 0.15) is 5.82 Å². The predicted octanol–water partition coefficient (Wildman–Crippen LogP) is 4.57. The second-order valence-corrected chi connectivity index (χ2v) is 5.47. The molecule has 0 aliphatic heterocycles. The molecule has 3 N–H and O–H groups in total. The van der Waals surface area contributed by atoms with Gasteiger partial charge in [-0.2, -0.15) is 4.98 Å². The van der Waals surface area contributed by atoms with Gasteiger partial charge in [0.05, 0.1) is 16.2 Å². The average Bonchev–Trinajstić information content (AvgIpc) is 2.44. The monoisotopic (exact) mass is 318 g/mol. The molecule has 0 radical (unpaired) electrons. The maximum absolute atomic E-state index is 6.25. The first kappa shape index (κ1) is 13.9. The molecule has 1 heterocycles. The Balaban J connectivity index is 2.12. The van der Waals surface area contributed by atoms with Crippen molar-refractivity contribution in [1.29, 1.82) is 0 Å². The summed E-state index contributed by atoms with van der Waals surface area (Å²) in [5.41, 5.74) is 8.11. The van der Waals surface area contributed by atoms with E-state index in [2.05, 4.69) is 15.3 Å². The lowest BCUT2D eigenvalue weighted by Crippen LogP contribution is -2.01. The zero-order chi connectivity index (χ0) is 15.0. The van der Waals surface area contributed by atoms with Crippen LogP contribution < -0.4 is 11.1 Å². The standard InChI is InChI=1S/C15H12Cl2N4/c1-8-6-11(17)13(7-10(8)16)19-14-9-4-2-3-5-12(9)20-15(18)21-14/h2-7H,1H3,(H3,18,19,20,21). The Hall–Kier alpha value is -2.04. The van der Waals surface area contributed by atoms with Crippen LogP contribution in [0.25, 0.3) is 10.9 Å². The zero-order valence-electron chi connectivity index (χ0n) is 11.2. The molecule has 6 heteroatoms. The van der Waals surface area contributed by atoms with Crippen LogP contribution in [0.4, 0.5) is 17.5 Å². The Morgan fingerprint density at radius 3 is 2.62 bits per heavy atom. The van der Waals surface area contributed by atoms with Crippen LogP contribution in [0.15, 0.2) is 36.4 Å². The number of benzene rings is 2. The lowest BCUT2D eigenvalue weighted by Gasteiger charge is -2.12. The molecule has 0 fully saturated rings. The summed E-state index contributed by atoms with van der Waals surface area (Å²) in [4.78, 5) is 8.44. The van der Waals surface area contributed by atoms with Crippen LogP contribution in [0.1, 0.15) is 5.56 Å². The Kier molecular flexibility index (Phi) is 3.57. The summed E-state index contributed by atoms with van der Waals surface area (Å²) in [7, 11) is 0. The van der Waals surface area contributed by atoms with Crippen molar-refractivity contribution in [2.24, 2.45) is 0 Å². The fourth-order valence-corrected chi connectivity index (χ4v) is 2.49. The third-order valence-corrected chi connectivity index (χ3v) is 3.84. The molecule has 2 aromatic carbocycles. The normalized spacial score (nSPS) is 10.8. The van der Waals surface area contributed by atoms with E-state index in [4.69, 9.17) is 28.9 Å². The van der Waals surface area contributed by atoms with Crippen molar-refractivity contribution < 1.29 is 0 Å². The van der Waals surface area contributed by atoms with Crippen LogP contribution in [-0.2, 0) is 0 Å². The average molecular weight is 319 g/mol. The molecular formula is C15H12Cl2N4. The smallest absolute Gasteiger partial charge is 0.222 e. The first-order valence-corrected chi connectivity index (χ1v) is 7.05. The SMILES string of the molecule is Cc1cc(Cl)c(Nc2nc(N)nc3ccccc23)cc1Cl. The summed E-state index contributed by atoms with van der Waals surface area (Å²) in [5, 5.41) is 5.24. The molecule has 0 saturated heterocycles. The summed E-state index contributed by atoms with van der Waals surface area (Å²) in [5.74, 6) is 0.797. The van der Waals surface area contributed by atoms with Crippen molar-refractivity contribution in [3.8, 4) is 0 Å². The number of nitrogen functional groups attached to an aromatic ring is 1. The van der Waals surface area contributed by atoms with E-state index >= 15 is 0 Å². The van der Waals surface area contributed by atoms with Gasteiger partial charge in [0.25, 0.3) is 0 Å². The van der Waals surface area contributed by atoms with Gasteiger partial charge in [-0.1, -0.05) is 35.3 Å². The van der Waals surface area contributed by atoms with Crippen molar-refractivity contribution in [1.82, 2.24) is 9.97 Å². The minimum Gasteiger partial charge on any atom is -0.368 e. The van der Waals surface area contributed by atoms with Crippen LogP contribution in [0.2, 0.25) is 10.0 Å². The van der Waals surface area contributed by atoms with E-state index in [0.29, 0.717) is 21.6 Å². The van der Waals surface area contributed by atoms with Gasteiger partial charge in [0.15, 0.2) is 0 Å². The number of aryl methyl sites for hydroxylation is 1. The molecule has 0 saturated carbocycles. The minimum absolute atomic E-state index is 0.200. The molecule has 0 amide bonds. The highest BCUT2D eigenvalue weighted by Gasteiger charge is 2.09. The molecule has 0 atom stereocenters. The summed E-state index contributed by atoms with van der Waals surface area (Å²) in [6, 6.07) is 11.2. The molecule has 4 nitrogen and oxygen atoms in total. The third-order valence-electron chi connectivity index (χ3n) is 3.12. The molecule has 3 rings (SSSR count). The fourth-order valence-electron chi connectivity index (χ4n) is 2.06. The minimum atomic E-state index is 0.200. The second-order valence-electron chi connectivity index (χ2n) is 4.65. The fraction of sp³-hybridized carbons (Fsp3) is 0.0667. The van der Waals surface area contributed by atoms with Crippen molar-refractivity contribution in [2.75, 3.05) is 11.1 Å². The van der Waals surface area contributed by atoms with E-state index in [1.165, 1.54) is 0 Å². The number of hydrogen-bond donors (Lipinski definition) is 2. The first-order valence-electron chi connectivity index (χ1n) is 6.29. The lowest BCUT2D eigenvalue weighted by molar-refractivity contribution is 1.23. The molecule has 0 spiro atoms. The Labute approximate surface area is 131 Å². The number of nitrogens with two attached hydrogens (primary N) is 1. The Bertz CT molecular complexity index is 833. The van der Waals surface area contributed by atoms with Crippen molar-refractivity contribution in [3.63, 3.8) is 0 Å². The number of anilines is 3. The van der Waals surface area contributed by atoms with Gasteiger partial charge in [0, 0.05) is 10.4 Å². The van der Waals surface area contributed by atoms with Crippen LogP contribution in [-0.4, -0.2) is 9.97 Å². The maximum atomic E-state index is 6.25. The van der Waals surface area contributed by atoms with Crippen LogP contribution in [0, 0.1) is 6.92 Å². The van der Waals surface area contributed by atoms with Crippen LogP contribution in [0.3, 0.4) is 0 Å². The van der Waals surface area contributed by atoms with Gasteiger partial charge >= 0.3 is 0 Å². The predicted molar refractivity (Wildman–Crippen MR) is 88.4 cm³/mol. The molecule has 1 aromatic heterocycles.